The Balaban J connectivity index is 2.27. The van der Waals surface area contributed by atoms with Gasteiger partial charge >= 0.3 is 11.9 Å². The first-order valence-corrected chi connectivity index (χ1v) is 7.22. The molecule has 0 spiro atoms. The van der Waals surface area contributed by atoms with Crippen molar-refractivity contribution >= 4 is 17.9 Å². The number of carbonyl (C=O) groups excluding carboxylic acids is 2. The van der Waals surface area contributed by atoms with Crippen molar-refractivity contribution in [2.75, 3.05) is 19.5 Å². The van der Waals surface area contributed by atoms with Gasteiger partial charge in [-0.3, -0.25) is 0 Å². The van der Waals surface area contributed by atoms with Crippen molar-refractivity contribution in [1.29, 1.82) is 0 Å². The zero-order valence-corrected chi connectivity index (χ0v) is 13.4. The number of fused-ring (bicyclic) bond motifs is 1. The van der Waals surface area contributed by atoms with E-state index in [9.17, 15) is 9.59 Å². The highest BCUT2D eigenvalue weighted by Crippen LogP contribution is 2.35. The molecule has 124 valence electrons. The van der Waals surface area contributed by atoms with Gasteiger partial charge in [0.25, 0.3) is 0 Å². The number of nitrogens with one attached hydrogen (secondary N) is 1. The van der Waals surface area contributed by atoms with Crippen LogP contribution >= 0.6 is 0 Å². The summed E-state index contributed by atoms with van der Waals surface area (Å²) in [6, 6.07) is 8.58. The molecular formula is C16H16N4O4. The van der Waals surface area contributed by atoms with Gasteiger partial charge in [0.1, 0.15) is 17.6 Å². The van der Waals surface area contributed by atoms with Gasteiger partial charge in [0, 0.05) is 0 Å². The molecule has 1 aromatic carbocycles. The maximum atomic E-state index is 12.4. The van der Waals surface area contributed by atoms with Crippen LogP contribution in [0.2, 0.25) is 0 Å². The number of ether oxygens (including phenoxy) is 2. The second kappa shape index (κ2) is 6.15. The Morgan fingerprint density at radius 3 is 2.42 bits per heavy atom. The van der Waals surface area contributed by atoms with E-state index in [0.717, 1.165) is 5.56 Å². The van der Waals surface area contributed by atoms with E-state index in [-0.39, 0.29) is 11.3 Å². The first kappa shape index (κ1) is 15.7. The maximum absolute atomic E-state index is 12.4. The number of rotatable bonds is 3. The van der Waals surface area contributed by atoms with Crippen molar-refractivity contribution in [2.24, 2.45) is 0 Å². The fourth-order valence-corrected chi connectivity index (χ4v) is 2.66. The Morgan fingerprint density at radius 2 is 1.79 bits per heavy atom. The maximum Gasteiger partial charge on any atom is 0.355 e. The molecule has 24 heavy (non-hydrogen) atoms. The predicted octanol–water partition coefficient (Wildman–Crippen LogP) is 1.20. The van der Waals surface area contributed by atoms with Gasteiger partial charge in [-0.25, -0.2) is 14.3 Å². The number of aromatic nitrogens is 3. The first-order valence-electron chi connectivity index (χ1n) is 7.22. The Bertz CT molecular complexity index is 826. The summed E-state index contributed by atoms with van der Waals surface area (Å²) in [4.78, 5) is 28.9. The van der Waals surface area contributed by atoms with Crippen LogP contribution < -0.4 is 5.32 Å². The van der Waals surface area contributed by atoms with Gasteiger partial charge in [-0.05, 0) is 12.5 Å². The quantitative estimate of drug-likeness (QED) is 0.846. The molecule has 1 N–H and O–H groups in total. The molecule has 1 aliphatic rings. The van der Waals surface area contributed by atoms with E-state index in [1.807, 2.05) is 30.3 Å². The van der Waals surface area contributed by atoms with Crippen LogP contribution in [-0.4, -0.2) is 40.9 Å². The highest BCUT2D eigenvalue weighted by molar-refractivity contribution is 6.03. The third kappa shape index (κ3) is 2.51. The molecule has 8 nitrogen and oxygen atoms in total. The third-order valence-corrected chi connectivity index (χ3v) is 3.67. The second-order valence-corrected chi connectivity index (χ2v) is 5.14. The summed E-state index contributed by atoms with van der Waals surface area (Å²) in [6.07, 6.45) is 0. The largest absolute Gasteiger partial charge is 0.466 e. The van der Waals surface area contributed by atoms with E-state index in [1.54, 1.807) is 11.6 Å². The number of hydrogen-bond donors (Lipinski definition) is 1. The molecule has 0 saturated heterocycles. The Labute approximate surface area is 138 Å². The highest BCUT2D eigenvalue weighted by atomic mass is 16.5. The average Bonchev–Trinajstić information content (AvgIpc) is 2.99. The van der Waals surface area contributed by atoms with Crippen molar-refractivity contribution in [1.82, 2.24) is 14.8 Å². The molecule has 0 aliphatic carbocycles. The zero-order chi connectivity index (χ0) is 17.3. The molecule has 0 radical (unpaired) electrons. The molecule has 0 fully saturated rings. The monoisotopic (exact) mass is 328 g/mol. The smallest absolute Gasteiger partial charge is 0.355 e. The lowest BCUT2D eigenvalue weighted by molar-refractivity contribution is -0.139. The van der Waals surface area contributed by atoms with E-state index in [1.165, 1.54) is 14.2 Å². The number of aryl methyl sites for hydroxylation is 1. The number of carbonyl (C=O) groups is 2. The predicted molar refractivity (Wildman–Crippen MR) is 84.0 cm³/mol. The Kier molecular flexibility index (Phi) is 4.03. The summed E-state index contributed by atoms with van der Waals surface area (Å²) in [5.41, 5.74) is 0.887. The summed E-state index contributed by atoms with van der Waals surface area (Å²) >= 11 is 0. The number of anilines is 1. The molecule has 2 aromatic rings. The molecule has 0 bridgehead atoms. The van der Waals surface area contributed by atoms with Crippen LogP contribution in [0.25, 0.3) is 0 Å². The molecule has 2 heterocycles. The van der Waals surface area contributed by atoms with E-state index in [2.05, 4.69) is 15.4 Å². The Hall–Kier alpha value is -3.16. The van der Waals surface area contributed by atoms with E-state index in [0.29, 0.717) is 11.8 Å². The van der Waals surface area contributed by atoms with E-state index >= 15 is 0 Å². The van der Waals surface area contributed by atoms with Crippen LogP contribution in [0.3, 0.4) is 0 Å². The molecule has 1 atom stereocenters. The van der Waals surface area contributed by atoms with Gasteiger partial charge in [0.2, 0.25) is 5.95 Å². The minimum absolute atomic E-state index is 0.00176. The summed E-state index contributed by atoms with van der Waals surface area (Å²) < 4.78 is 11.2. The minimum atomic E-state index is -0.678. The lowest BCUT2D eigenvalue weighted by Gasteiger charge is -2.27. The van der Waals surface area contributed by atoms with Crippen molar-refractivity contribution in [3.63, 3.8) is 0 Å². The number of hydrogen-bond acceptors (Lipinski definition) is 7. The summed E-state index contributed by atoms with van der Waals surface area (Å²) in [6.45, 7) is 1.73. The van der Waals surface area contributed by atoms with Gasteiger partial charge in [-0.15, -0.1) is 0 Å². The van der Waals surface area contributed by atoms with Gasteiger partial charge in [-0.1, -0.05) is 30.3 Å². The van der Waals surface area contributed by atoms with Crippen LogP contribution in [-0.2, 0) is 19.1 Å². The number of esters is 2. The molecule has 1 aromatic heterocycles. The van der Waals surface area contributed by atoms with Crippen LogP contribution in [0.15, 0.2) is 41.6 Å². The van der Waals surface area contributed by atoms with Gasteiger partial charge < -0.3 is 14.8 Å². The first-order chi connectivity index (χ1) is 11.6. The number of nitrogens with zero attached hydrogens (tertiary/aromatic N) is 3. The molecule has 3 rings (SSSR count). The van der Waals surface area contributed by atoms with Crippen LogP contribution in [0.1, 0.15) is 17.4 Å². The van der Waals surface area contributed by atoms with Gasteiger partial charge in [-0.2, -0.15) is 10.1 Å². The lowest BCUT2D eigenvalue weighted by Crippen LogP contribution is -2.33. The molecular weight excluding hydrogens is 312 g/mol. The van der Waals surface area contributed by atoms with Crippen LogP contribution in [0, 0.1) is 6.92 Å². The fraction of sp³-hybridized carbons (Fsp3) is 0.250. The van der Waals surface area contributed by atoms with Crippen LogP contribution in [0.4, 0.5) is 5.95 Å². The highest BCUT2D eigenvalue weighted by Gasteiger charge is 2.38. The fourth-order valence-electron chi connectivity index (χ4n) is 2.66. The summed E-state index contributed by atoms with van der Waals surface area (Å²) in [7, 11) is 2.50. The normalized spacial score (nSPS) is 16.2. The van der Waals surface area contributed by atoms with Crippen molar-refractivity contribution in [2.45, 2.75) is 13.0 Å². The van der Waals surface area contributed by atoms with E-state index in [4.69, 9.17) is 9.47 Å². The van der Waals surface area contributed by atoms with Crippen molar-refractivity contribution < 1.29 is 19.1 Å². The lowest BCUT2D eigenvalue weighted by atomic mass is 9.95. The van der Waals surface area contributed by atoms with Crippen molar-refractivity contribution in [3.05, 3.63) is 53.0 Å². The topological polar surface area (TPSA) is 95.3 Å². The third-order valence-electron chi connectivity index (χ3n) is 3.67. The summed E-state index contributed by atoms with van der Waals surface area (Å²) in [5, 5.41) is 7.17. The molecule has 0 amide bonds. The van der Waals surface area contributed by atoms with E-state index < -0.39 is 18.0 Å². The molecule has 0 saturated carbocycles. The Morgan fingerprint density at radius 1 is 1.12 bits per heavy atom. The number of benzene rings is 1. The second-order valence-electron chi connectivity index (χ2n) is 5.14. The average molecular weight is 328 g/mol. The van der Waals surface area contributed by atoms with Crippen molar-refractivity contribution in [3.8, 4) is 0 Å². The van der Waals surface area contributed by atoms with Crippen LogP contribution in [0.5, 0.6) is 0 Å². The molecule has 8 heteroatoms. The molecule has 1 aliphatic heterocycles. The SMILES string of the molecule is COC(=O)C1=C(C(=O)OC)C(c2ccccc2)n2nc(C)nc2N1. The standard InChI is InChI=1S/C16H16N4O4/c1-9-17-16-18-12(15(22)24-3)11(14(21)23-2)13(20(16)19-9)10-7-5-4-6-8-10/h4-8,13H,1-3H3,(H,17,18,19). The molecule has 1 unspecified atom stereocenters. The van der Waals surface area contributed by atoms with Gasteiger partial charge in [0.15, 0.2) is 0 Å². The zero-order valence-electron chi connectivity index (χ0n) is 13.4. The minimum Gasteiger partial charge on any atom is -0.466 e. The number of methoxy groups -OCH3 is 2. The van der Waals surface area contributed by atoms with Gasteiger partial charge in [0.05, 0.1) is 19.8 Å². The summed E-state index contributed by atoms with van der Waals surface area (Å²) in [5.74, 6) is -0.457.